The van der Waals surface area contributed by atoms with Crippen molar-refractivity contribution in [2.75, 3.05) is 13.2 Å². The van der Waals surface area contributed by atoms with Crippen LogP contribution in [0.25, 0.3) is 0 Å². The molecule has 0 radical (unpaired) electrons. The minimum Gasteiger partial charge on any atom is -0.381 e. The van der Waals surface area contributed by atoms with Crippen molar-refractivity contribution in [1.82, 2.24) is 0 Å². The zero-order chi connectivity index (χ0) is 13.2. The van der Waals surface area contributed by atoms with Gasteiger partial charge in [-0.1, -0.05) is 31.9 Å². The van der Waals surface area contributed by atoms with Gasteiger partial charge in [-0.05, 0) is 37.0 Å². The molecule has 1 N–H and O–H groups in total. The van der Waals surface area contributed by atoms with E-state index in [9.17, 15) is 4.21 Å². The van der Waals surface area contributed by atoms with Gasteiger partial charge >= 0.3 is 0 Å². The Kier molecular flexibility index (Phi) is 7.89. The molecule has 0 fully saturated rings. The SMILES string of the molecule is CCCCCOCCCc1cccc(S(=O)O)c1. The minimum absolute atomic E-state index is 0.469. The summed E-state index contributed by atoms with van der Waals surface area (Å²) in [5.41, 5.74) is 1.09. The van der Waals surface area contributed by atoms with Gasteiger partial charge in [-0.2, -0.15) is 0 Å². The molecule has 0 aliphatic carbocycles. The van der Waals surface area contributed by atoms with E-state index in [0.717, 1.165) is 38.0 Å². The molecule has 1 rings (SSSR count). The lowest BCUT2D eigenvalue weighted by Crippen LogP contribution is -1.99. The van der Waals surface area contributed by atoms with Crippen molar-refractivity contribution in [3.05, 3.63) is 29.8 Å². The topological polar surface area (TPSA) is 46.5 Å². The Hall–Kier alpha value is -0.710. The van der Waals surface area contributed by atoms with Crippen LogP contribution < -0.4 is 0 Å². The Labute approximate surface area is 112 Å². The Balaban J connectivity index is 2.19. The molecule has 102 valence electrons. The van der Waals surface area contributed by atoms with Gasteiger partial charge in [-0.3, -0.25) is 0 Å². The van der Waals surface area contributed by atoms with E-state index >= 15 is 0 Å². The van der Waals surface area contributed by atoms with Crippen LogP contribution in [0.5, 0.6) is 0 Å². The average molecular weight is 270 g/mol. The molecule has 18 heavy (non-hydrogen) atoms. The summed E-state index contributed by atoms with van der Waals surface area (Å²) in [6.07, 6.45) is 5.42. The van der Waals surface area contributed by atoms with Crippen LogP contribution in [0.2, 0.25) is 0 Å². The van der Waals surface area contributed by atoms with E-state index in [0.29, 0.717) is 4.90 Å². The summed E-state index contributed by atoms with van der Waals surface area (Å²) in [5.74, 6) is 0. The number of hydrogen-bond acceptors (Lipinski definition) is 2. The molecule has 0 aromatic heterocycles. The fraction of sp³-hybridized carbons (Fsp3) is 0.571. The van der Waals surface area contributed by atoms with E-state index in [4.69, 9.17) is 9.29 Å². The summed E-state index contributed by atoms with van der Waals surface area (Å²) in [5, 5.41) is 0. The van der Waals surface area contributed by atoms with Crippen LogP contribution in [0.15, 0.2) is 29.2 Å². The maximum absolute atomic E-state index is 10.9. The number of benzene rings is 1. The van der Waals surface area contributed by atoms with Crippen LogP contribution in [-0.4, -0.2) is 22.0 Å². The predicted octanol–water partition coefficient (Wildman–Crippen LogP) is 3.41. The van der Waals surface area contributed by atoms with Crippen LogP contribution in [0.1, 0.15) is 38.2 Å². The van der Waals surface area contributed by atoms with Gasteiger partial charge in [0.15, 0.2) is 11.1 Å². The van der Waals surface area contributed by atoms with Crippen molar-refractivity contribution in [1.29, 1.82) is 0 Å². The first-order valence-corrected chi connectivity index (χ1v) is 7.62. The van der Waals surface area contributed by atoms with E-state index in [-0.39, 0.29) is 0 Å². The summed E-state index contributed by atoms with van der Waals surface area (Å²) >= 11 is -1.88. The fourth-order valence-corrected chi connectivity index (χ4v) is 2.19. The summed E-state index contributed by atoms with van der Waals surface area (Å²) in [6.45, 7) is 3.78. The first-order chi connectivity index (χ1) is 8.74. The van der Waals surface area contributed by atoms with E-state index in [1.807, 2.05) is 12.1 Å². The van der Waals surface area contributed by atoms with E-state index < -0.39 is 11.1 Å². The zero-order valence-corrected chi connectivity index (χ0v) is 11.7. The Bertz CT molecular complexity index is 366. The maximum Gasteiger partial charge on any atom is 0.186 e. The van der Waals surface area contributed by atoms with Crippen molar-refractivity contribution in [2.24, 2.45) is 0 Å². The van der Waals surface area contributed by atoms with E-state index in [1.54, 1.807) is 12.1 Å². The van der Waals surface area contributed by atoms with Gasteiger partial charge < -0.3 is 9.29 Å². The molecule has 0 amide bonds. The van der Waals surface area contributed by atoms with Crippen LogP contribution in [0, 0.1) is 0 Å². The molecule has 0 aliphatic rings. The minimum atomic E-state index is -1.88. The number of rotatable bonds is 9. The summed E-state index contributed by atoms with van der Waals surface area (Å²) in [7, 11) is 0. The monoisotopic (exact) mass is 270 g/mol. The molecule has 0 saturated heterocycles. The second-order valence-electron chi connectivity index (χ2n) is 4.32. The van der Waals surface area contributed by atoms with Gasteiger partial charge in [0.1, 0.15) is 0 Å². The van der Waals surface area contributed by atoms with Crippen molar-refractivity contribution >= 4 is 11.1 Å². The van der Waals surface area contributed by atoms with Gasteiger partial charge in [0, 0.05) is 13.2 Å². The van der Waals surface area contributed by atoms with Gasteiger partial charge in [-0.15, -0.1) is 0 Å². The average Bonchev–Trinajstić information content (AvgIpc) is 2.38. The lowest BCUT2D eigenvalue weighted by atomic mass is 10.1. The third kappa shape index (κ3) is 6.28. The number of aryl methyl sites for hydroxylation is 1. The quantitative estimate of drug-likeness (QED) is 0.552. The zero-order valence-electron chi connectivity index (χ0n) is 10.9. The molecule has 0 aliphatic heterocycles. The maximum atomic E-state index is 10.9. The van der Waals surface area contributed by atoms with Crippen LogP contribution in [0.3, 0.4) is 0 Å². The lowest BCUT2D eigenvalue weighted by molar-refractivity contribution is 0.128. The third-order valence-electron chi connectivity index (χ3n) is 2.75. The van der Waals surface area contributed by atoms with Gasteiger partial charge in [0.25, 0.3) is 0 Å². The number of hydrogen-bond donors (Lipinski definition) is 1. The largest absolute Gasteiger partial charge is 0.381 e. The molecule has 0 bridgehead atoms. The van der Waals surface area contributed by atoms with Crippen LogP contribution >= 0.6 is 0 Å². The summed E-state index contributed by atoms with van der Waals surface area (Å²) < 4.78 is 25.4. The third-order valence-corrected chi connectivity index (χ3v) is 3.40. The normalized spacial score (nSPS) is 12.6. The first-order valence-electron chi connectivity index (χ1n) is 6.51. The van der Waals surface area contributed by atoms with Gasteiger partial charge in [0.2, 0.25) is 0 Å². The fourth-order valence-electron chi connectivity index (χ4n) is 1.74. The summed E-state index contributed by atoms with van der Waals surface area (Å²) in [6, 6.07) is 7.25. The first kappa shape index (κ1) is 15.3. The standard InChI is InChI=1S/C14H22O3S/c1-2-3-4-10-17-11-6-8-13-7-5-9-14(12-13)18(15)16/h5,7,9,12H,2-4,6,8,10-11H2,1H3,(H,15,16). The van der Waals surface area contributed by atoms with Crippen molar-refractivity contribution < 1.29 is 13.5 Å². The highest BCUT2D eigenvalue weighted by molar-refractivity contribution is 7.79. The van der Waals surface area contributed by atoms with Crippen molar-refractivity contribution in [3.63, 3.8) is 0 Å². The molecule has 3 nitrogen and oxygen atoms in total. The summed E-state index contributed by atoms with van der Waals surface area (Å²) in [4.78, 5) is 0.469. The molecule has 1 atom stereocenters. The van der Waals surface area contributed by atoms with Crippen molar-refractivity contribution in [2.45, 2.75) is 43.9 Å². The van der Waals surface area contributed by atoms with Crippen LogP contribution in [-0.2, 0) is 22.2 Å². The highest BCUT2D eigenvalue weighted by Gasteiger charge is 2.01. The Morgan fingerprint density at radius 3 is 2.72 bits per heavy atom. The molecule has 0 saturated carbocycles. The highest BCUT2D eigenvalue weighted by atomic mass is 32.2. The highest BCUT2D eigenvalue weighted by Crippen LogP contribution is 2.10. The molecular formula is C14H22O3S. The smallest absolute Gasteiger partial charge is 0.186 e. The molecule has 1 aromatic rings. The second-order valence-corrected chi connectivity index (χ2v) is 5.29. The van der Waals surface area contributed by atoms with E-state index in [2.05, 4.69) is 6.92 Å². The van der Waals surface area contributed by atoms with Gasteiger partial charge in [0.05, 0.1) is 4.90 Å². The molecule has 1 aromatic carbocycles. The lowest BCUT2D eigenvalue weighted by Gasteiger charge is -2.05. The van der Waals surface area contributed by atoms with Crippen molar-refractivity contribution in [3.8, 4) is 0 Å². The molecule has 4 heteroatoms. The number of unbranched alkanes of at least 4 members (excludes halogenated alkanes) is 2. The van der Waals surface area contributed by atoms with Crippen LogP contribution in [0.4, 0.5) is 0 Å². The molecule has 0 spiro atoms. The number of ether oxygens (including phenoxy) is 1. The van der Waals surface area contributed by atoms with E-state index in [1.165, 1.54) is 12.8 Å². The van der Waals surface area contributed by atoms with Gasteiger partial charge in [-0.25, -0.2) is 4.21 Å². The second kappa shape index (κ2) is 9.25. The molecular weight excluding hydrogens is 248 g/mol. The Morgan fingerprint density at radius 1 is 1.22 bits per heavy atom. The molecule has 1 unspecified atom stereocenters. The predicted molar refractivity (Wildman–Crippen MR) is 74.1 cm³/mol. The molecule has 0 heterocycles. The Morgan fingerprint density at radius 2 is 2.00 bits per heavy atom.